The van der Waals surface area contributed by atoms with E-state index in [4.69, 9.17) is 12.2 Å². The minimum Gasteiger partial charge on any atom is -0.300 e. The van der Waals surface area contributed by atoms with Crippen molar-refractivity contribution in [1.29, 1.82) is 0 Å². The SMILES string of the molecule is CCCC1CCCCC1CCC(=O)CC(C)CC(=S)C1(C(C)(C)C)CC1. The second-order valence-corrected chi connectivity index (χ2v) is 10.9. The Morgan fingerprint density at radius 2 is 1.65 bits per heavy atom. The van der Waals surface area contributed by atoms with Crippen LogP contribution in [0.5, 0.6) is 0 Å². The Labute approximate surface area is 168 Å². The van der Waals surface area contributed by atoms with Crippen LogP contribution in [0, 0.1) is 28.6 Å². The molecule has 0 aliphatic heterocycles. The normalized spacial score (nSPS) is 26.3. The first kappa shape index (κ1) is 22.1. The van der Waals surface area contributed by atoms with Crippen molar-refractivity contribution < 1.29 is 4.79 Å². The summed E-state index contributed by atoms with van der Waals surface area (Å²) >= 11 is 5.83. The van der Waals surface area contributed by atoms with Crippen molar-refractivity contribution in [2.24, 2.45) is 28.6 Å². The monoisotopic (exact) mass is 378 g/mol. The Morgan fingerprint density at radius 1 is 1.08 bits per heavy atom. The van der Waals surface area contributed by atoms with Crippen LogP contribution < -0.4 is 0 Å². The summed E-state index contributed by atoms with van der Waals surface area (Å²) < 4.78 is 0. The summed E-state index contributed by atoms with van der Waals surface area (Å²) in [6.07, 6.45) is 14.3. The van der Waals surface area contributed by atoms with E-state index in [-0.39, 0.29) is 10.8 Å². The Hall–Kier alpha value is -0.240. The highest BCUT2D eigenvalue weighted by Gasteiger charge is 2.54. The number of carbonyl (C=O) groups is 1. The second-order valence-electron chi connectivity index (χ2n) is 10.4. The molecule has 0 heterocycles. The molecule has 2 aliphatic rings. The van der Waals surface area contributed by atoms with E-state index in [1.54, 1.807) is 0 Å². The molecule has 0 radical (unpaired) electrons. The highest BCUT2D eigenvalue weighted by Crippen LogP contribution is 2.60. The maximum atomic E-state index is 12.6. The fourth-order valence-corrected chi connectivity index (χ4v) is 6.20. The number of carbonyl (C=O) groups excluding carboxylic acids is 1. The standard InChI is InChI=1S/C24H42OS/c1-6-9-19-10-7-8-11-20(19)12-13-21(25)16-18(2)17-22(26)24(14-15-24)23(3,4)5/h18-20H,6-17H2,1-5H3. The summed E-state index contributed by atoms with van der Waals surface area (Å²) in [7, 11) is 0. The third-order valence-corrected chi connectivity index (χ3v) is 7.91. The lowest BCUT2D eigenvalue weighted by atomic mass is 9.73. The highest BCUT2D eigenvalue weighted by atomic mass is 32.1. The van der Waals surface area contributed by atoms with Crippen molar-refractivity contribution in [1.82, 2.24) is 0 Å². The molecule has 3 unspecified atom stereocenters. The van der Waals surface area contributed by atoms with Crippen molar-refractivity contribution in [2.45, 2.75) is 112 Å². The molecule has 0 spiro atoms. The van der Waals surface area contributed by atoms with Crippen LogP contribution >= 0.6 is 12.2 Å². The van der Waals surface area contributed by atoms with Crippen LogP contribution in [0.4, 0.5) is 0 Å². The number of rotatable bonds is 10. The van der Waals surface area contributed by atoms with Gasteiger partial charge in [0.1, 0.15) is 5.78 Å². The molecule has 0 N–H and O–H groups in total. The van der Waals surface area contributed by atoms with Gasteiger partial charge in [-0.1, -0.05) is 85.4 Å². The zero-order valence-corrected chi connectivity index (χ0v) is 18.9. The van der Waals surface area contributed by atoms with E-state index in [0.717, 1.165) is 37.5 Å². The van der Waals surface area contributed by atoms with Gasteiger partial charge in [0, 0.05) is 18.3 Å². The molecule has 2 saturated carbocycles. The van der Waals surface area contributed by atoms with E-state index in [2.05, 4.69) is 34.6 Å². The smallest absolute Gasteiger partial charge is 0.133 e. The first-order valence-corrected chi connectivity index (χ1v) is 11.7. The molecule has 0 amide bonds. The van der Waals surface area contributed by atoms with Gasteiger partial charge in [-0.25, -0.2) is 0 Å². The number of Topliss-reactive ketones (excluding diaryl/α,β-unsaturated/α-hetero) is 1. The van der Waals surface area contributed by atoms with Crippen LogP contribution in [0.15, 0.2) is 0 Å². The molecule has 2 heteroatoms. The van der Waals surface area contributed by atoms with Crippen LogP contribution in [0.3, 0.4) is 0 Å². The number of hydrogen-bond acceptors (Lipinski definition) is 2. The third kappa shape index (κ3) is 5.63. The predicted octanol–water partition coefficient (Wildman–Crippen LogP) is 7.55. The zero-order valence-electron chi connectivity index (χ0n) is 18.0. The lowest BCUT2D eigenvalue weighted by molar-refractivity contribution is -0.120. The quantitative estimate of drug-likeness (QED) is 0.365. The average molecular weight is 379 g/mol. The molecule has 150 valence electrons. The van der Waals surface area contributed by atoms with E-state index < -0.39 is 0 Å². The van der Waals surface area contributed by atoms with Gasteiger partial charge in [-0.05, 0) is 53.7 Å². The Kier molecular flexibility index (Phi) is 7.89. The van der Waals surface area contributed by atoms with Crippen LogP contribution in [-0.4, -0.2) is 10.6 Å². The van der Waals surface area contributed by atoms with Gasteiger partial charge in [-0.2, -0.15) is 0 Å². The van der Waals surface area contributed by atoms with Crippen molar-refractivity contribution in [3.63, 3.8) is 0 Å². The van der Waals surface area contributed by atoms with Gasteiger partial charge in [0.2, 0.25) is 0 Å². The van der Waals surface area contributed by atoms with Crippen LogP contribution in [0.1, 0.15) is 112 Å². The minimum atomic E-state index is 0.267. The fourth-order valence-electron chi connectivity index (χ4n) is 5.41. The molecule has 2 rings (SSSR count). The first-order valence-electron chi connectivity index (χ1n) is 11.2. The van der Waals surface area contributed by atoms with Crippen LogP contribution in [0.2, 0.25) is 0 Å². The van der Waals surface area contributed by atoms with Gasteiger partial charge in [-0.3, -0.25) is 4.79 Å². The Bertz CT molecular complexity index is 481. The molecule has 3 atom stereocenters. The number of ketones is 1. The van der Waals surface area contributed by atoms with E-state index >= 15 is 0 Å². The number of thiocarbonyl (C=S) groups is 1. The highest BCUT2D eigenvalue weighted by molar-refractivity contribution is 7.80. The summed E-state index contributed by atoms with van der Waals surface area (Å²) in [5.41, 5.74) is 0.540. The van der Waals surface area contributed by atoms with Crippen LogP contribution in [0.25, 0.3) is 0 Å². The van der Waals surface area contributed by atoms with Gasteiger partial charge >= 0.3 is 0 Å². The molecule has 2 fully saturated rings. The topological polar surface area (TPSA) is 17.1 Å². The summed E-state index contributed by atoms with van der Waals surface area (Å²) in [5, 5.41) is 0. The molecular formula is C24H42OS. The summed E-state index contributed by atoms with van der Waals surface area (Å²) in [6, 6.07) is 0. The maximum Gasteiger partial charge on any atom is 0.133 e. The molecule has 0 bridgehead atoms. The first-order chi connectivity index (χ1) is 12.2. The fraction of sp³-hybridized carbons (Fsp3) is 0.917. The molecule has 1 nitrogen and oxygen atoms in total. The predicted molar refractivity (Wildman–Crippen MR) is 117 cm³/mol. The number of hydrogen-bond donors (Lipinski definition) is 0. The van der Waals surface area contributed by atoms with Crippen molar-refractivity contribution in [3.05, 3.63) is 0 Å². The molecule has 0 saturated heterocycles. The maximum absolute atomic E-state index is 12.6. The summed E-state index contributed by atoms with van der Waals surface area (Å²) in [4.78, 5) is 13.8. The van der Waals surface area contributed by atoms with E-state index in [1.807, 2.05) is 0 Å². The van der Waals surface area contributed by atoms with Gasteiger partial charge in [0.15, 0.2) is 0 Å². The average Bonchev–Trinajstić information content (AvgIpc) is 3.35. The summed E-state index contributed by atoms with van der Waals surface area (Å²) in [5.74, 6) is 2.57. The molecule has 2 aliphatic carbocycles. The van der Waals surface area contributed by atoms with Crippen molar-refractivity contribution in [3.8, 4) is 0 Å². The minimum absolute atomic E-state index is 0.267. The lowest BCUT2D eigenvalue weighted by Gasteiger charge is -2.33. The van der Waals surface area contributed by atoms with Crippen LogP contribution in [-0.2, 0) is 4.79 Å². The molecular weight excluding hydrogens is 336 g/mol. The van der Waals surface area contributed by atoms with E-state index in [1.165, 1.54) is 56.2 Å². The second kappa shape index (κ2) is 9.30. The van der Waals surface area contributed by atoms with Gasteiger partial charge in [0.25, 0.3) is 0 Å². The molecule has 26 heavy (non-hydrogen) atoms. The van der Waals surface area contributed by atoms with Gasteiger partial charge in [0.05, 0.1) is 0 Å². The van der Waals surface area contributed by atoms with Crippen molar-refractivity contribution in [2.75, 3.05) is 0 Å². The van der Waals surface area contributed by atoms with Gasteiger partial charge < -0.3 is 0 Å². The molecule has 0 aromatic heterocycles. The van der Waals surface area contributed by atoms with Gasteiger partial charge in [-0.15, -0.1) is 0 Å². The summed E-state index contributed by atoms with van der Waals surface area (Å²) in [6.45, 7) is 11.5. The van der Waals surface area contributed by atoms with Crippen molar-refractivity contribution >= 4 is 22.9 Å². The molecule has 0 aromatic carbocycles. The lowest BCUT2D eigenvalue weighted by Crippen LogP contribution is -2.30. The Balaban J connectivity index is 1.74. The third-order valence-electron chi connectivity index (χ3n) is 7.35. The van der Waals surface area contributed by atoms with E-state index in [0.29, 0.717) is 11.7 Å². The Morgan fingerprint density at radius 3 is 2.15 bits per heavy atom. The molecule has 0 aromatic rings. The zero-order chi connectivity index (χ0) is 19.4. The largest absolute Gasteiger partial charge is 0.300 e. The van der Waals surface area contributed by atoms with E-state index in [9.17, 15) is 4.79 Å².